The first kappa shape index (κ1) is 12.7. The zero-order valence-electron chi connectivity index (χ0n) is 9.40. The molecule has 0 aliphatic carbocycles. The third-order valence-electron chi connectivity index (χ3n) is 2.72. The van der Waals surface area contributed by atoms with Crippen LogP contribution in [0, 0.1) is 0 Å². The fourth-order valence-corrected chi connectivity index (χ4v) is 3.44. The van der Waals surface area contributed by atoms with E-state index in [0.717, 1.165) is 9.35 Å². The Morgan fingerprint density at radius 1 is 1.59 bits per heavy atom. The molecule has 0 radical (unpaired) electrons. The Morgan fingerprint density at radius 3 is 2.94 bits per heavy atom. The van der Waals surface area contributed by atoms with Crippen LogP contribution in [0.1, 0.15) is 18.2 Å². The average molecular weight is 317 g/mol. The second-order valence-electron chi connectivity index (χ2n) is 3.97. The van der Waals surface area contributed by atoms with E-state index in [1.807, 2.05) is 23.3 Å². The quantitative estimate of drug-likeness (QED) is 0.864. The summed E-state index contributed by atoms with van der Waals surface area (Å²) >= 11 is 5.03. The van der Waals surface area contributed by atoms with Crippen LogP contribution in [0.2, 0.25) is 0 Å². The minimum absolute atomic E-state index is 0.181. The maximum atomic E-state index is 11.7. The molecule has 1 aliphatic heterocycles. The van der Waals surface area contributed by atoms with Crippen molar-refractivity contribution in [1.29, 1.82) is 0 Å². The number of imide groups is 1. The Balaban J connectivity index is 2.11. The van der Waals surface area contributed by atoms with Gasteiger partial charge in [-0.15, -0.1) is 11.3 Å². The maximum Gasteiger partial charge on any atom is 0.243 e. The van der Waals surface area contributed by atoms with Crippen molar-refractivity contribution in [2.45, 2.75) is 25.9 Å². The summed E-state index contributed by atoms with van der Waals surface area (Å²) in [6.45, 7) is 2.89. The van der Waals surface area contributed by atoms with Gasteiger partial charge >= 0.3 is 0 Å². The molecule has 2 heterocycles. The van der Waals surface area contributed by atoms with Crippen LogP contribution in [0.4, 0.5) is 0 Å². The van der Waals surface area contributed by atoms with Crippen molar-refractivity contribution >= 4 is 39.1 Å². The van der Waals surface area contributed by atoms with Crippen molar-refractivity contribution in [3.8, 4) is 0 Å². The second kappa shape index (κ2) is 5.29. The lowest BCUT2D eigenvalue weighted by Gasteiger charge is -2.32. The second-order valence-corrected chi connectivity index (χ2v) is 5.88. The summed E-state index contributed by atoms with van der Waals surface area (Å²) in [4.78, 5) is 26.1. The van der Waals surface area contributed by atoms with E-state index in [0.29, 0.717) is 19.5 Å². The van der Waals surface area contributed by atoms with Crippen LogP contribution >= 0.6 is 27.3 Å². The van der Waals surface area contributed by atoms with Gasteiger partial charge in [0.15, 0.2) is 0 Å². The number of nitrogens with zero attached hydrogens (tertiary/aromatic N) is 1. The molecule has 0 saturated carbocycles. The van der Waals surface area contributed by atoms with Crippen LogP contribution in [-0.4, -0.2) is 29.3 Å². The maximum absolute atomic E-state index is 11.7. The van der Waals surface area contributed by atoms with Crippen LogP contribution < -0.4 is 5.32 Å². The van der Waals surface area contributed by atoms with E-state index in [1.54, 1.807) is 11.3 Å². The molecule has 0 spiro atoms. The highest BCUT2D eigenvalue weighted by atomic mass is 79.9. The summed E-state index contributed by atoms with van der Waals surface area (Å²) in [6.07, 6.45) is 0.714. The van der Waals surface area contributed by atoms with E-state index in [4.69, 9.17) is 0 Å². The third kappa shape index (κ3) is 2.94. The summed E-state index contributed by atoms with van der Waals surface area (Å²) < 4.78 is 1.04. The number of piperazine rings is 1. The fraction of sp³-hybridized carbons (Fsp3) is 0.455. The summed E-state index contributed by atoms with van der Waals surface area (Å²) in [7, 11) is 0. The van der Waals surface area contributed by atoms with Gasteiger partial charge in [0, 0.05) is 21.3 Å². The molecule has 1 aromatic heterocycles. The highest BCUT2D eigenvalue weighted by Crippen LogP contribution is 2.23. The van der Waals surface area contributed by atoms with E-state index < -0.39 is 0 Å². The molecule has 2 amide bonds. The molecular formula is C11H13BrN2O2S. The monoisotopic (exact) mass is 316 g/mol. The molecular weight excluding hydrogens is 304 g/mol. The van der Waals surface area contributed by atoms with E-state index in [2.05, 4.69) is 21.2 Å². The Labute approximate surface area is 112 Å². The first-order valence-corrected chi connectivity index (χ1v) is 7.08. The van der Waals surface area contributed by atoms with Gasteiger partial charge < -0.3 is 0 Å². The van der Waals surface area contributed by atoms with Gasteiger partial charge in [0.2, 0.25) is 11.8 Å². The lowest BCUT2D eigenvalue weighted by atomic mass is 10.1. The lowest BCUT2D eigenvalue weighted by molar-refractivity contribution is -0.140. The molecule has 1 aromatic rings. The number of thiophene rings is 1. The molecule has 1 fully saturated rings. The van der Waals surface area contributed by atoms with Crippen LogP contribution in [0.3, 0.4) is 0 Å². The SMILES string of the molecule is CCC1C(=O)NC(=O)CN1Cc1cc(Br)cs1. The highest BCUT2D eigenvalue weighted by Gasteiger charge is 2.32. The zero-order valence-corrected chi connectivity index (χ0v) is 11.8. The normalized spacial score (nSPS) is 21.6. The van der Waals surface area contributed by atoms with E-state index in [-0.39, 0.29) is 17.9 Å². The van der Waals surface area contributed by atoms with Gasteiger partial charge in [-0.05, 0) is 28.4 Å². The molecule has 1 N–H and O–H groups in total. The van der Waals surface area contributed by atoms with Crippen molar-refractivity contribution in [3.63, 3.8) is 0 Å². The largest absolute Gasteiger partial charge is 0.294 e. The summed E-state index contributed by atoms with van der Waals surface area (Å²) in [6, 6.07) is 1.82. The van der Waals surface area contributed by atoms with Gasteiger partial charge in [-0.3, -0.25) is 19.8 Å². The Hall–Kier alpha value is -0.720. The molecule has 1 saturated heterocycles. The van der Waals surface area contributed by atoms with Crippen LogP contribution in [0.25, 0.3) is 0 Å². The van der Waals surface area contributed by atoms with Gasteiger partial charge in [0.25, 0.3) is 0 Å². The van der Waals surface area contributed by atoms with Crippen molar-refractivity contribution in [3.05, 3.63) is 20.8 Å². The number of rotatable bonds is 3. The molecule has 0 bridgehead atoms. The molecule has 1 unspecified atom stereocenters. The number of carbonyl (C=O) groups excluding carboxylic acids is 2. The molecule has 4 nitrogen and oxygen atoms in total. The number of hydrogen-bond acceptors (Lipinski definition) is 4. The smallest absolute Gasteiger partial charge is 0.243 e. The lowest BCUT2D eigenvalue weighted by Crippen LogP contribution is -2.57. The number of nitrogens with one attached hydrogen (secondary N) is 1. The van der Waals surface area contributed by atoms with E-state index in [9.17, 15) is 9.59 Å². The summed E-state index contributed by atoms with van der Waals surface area (Å²) in [5.74, 6) is -0.394. The van der Waals surface area contributed by atoms with Gasteiger partial charge in [0.05, 0.1) is 12.6 Å². The molecule has 17 heavy (non-hydrogen) atoms. The molecule has 92 valence electrons. The minimum Gasteiger partial charge on any atom is -0.294 e. The Kier molecular flexibility index (Phi) is 3.96. The highest BCUT2D eigenvalue weighted by molar-refractivity contribution is 9.10. The van der Waals surface area contributed by atoms with E-state index >= 15 is 0 Å². The summed E-state index contributed by atoms with van der Waals surface area (Å²) in [5, 5.41) is 4.38. The van der Waals surface area contributed by atoms with Crippen molar-refractivity contribution < 1.29 is 9.59 Å². The fourth-order valence-electron chi connectivity index (χ4n) is 1.97. The number of hydrogen-bond donors (Lipinski definition) is 1. The van der Waals surface area contributed by atoms with E-state index in [1.165, 1.54) is 0 Å². The first-order chi connectivity index (χ1) is 8.10. The predicted molar refractivity (Wildman–Crippen MR) is 69.7 cm³/mol. The zero-order chi connectivity index (χ0) is 12.4. The molecule has 1 aliphatic rings. The Morgan fingerprint density at radius 2 is 2.35 bits per heavy atom. The standard InChI is InChI=1S/C11H13BrN2O2S/c1-2-9-11(16)13-10(15)5-14(9)4-8-3-7(12)6-17-8/h3,6,9H,2,4-5H2,1H3,(H,13,15,16). The van der Waals surface area contributed by atoms with Gasteiger partial charge in [-0.1, -0.05) is 6.92 Å². The number of carbonyl (C=O) groups is 2. The van der Waals surface area contributed by atoms with Crippen molar-refractivity contribution in [2.75, 3.05) is 6.54 Å². The molecule has 1 atom stereocenters. The van der Waals surface area contributed by atoms with Crippen LogP contribution in [0.15, 0.2) is 15.9 Å². The van der Waals surface area contributed by atoms with Crippen LogP contribution in [-0.2, 0) is 16.1 Å². The van der Waals surface area contributed by atoms with Gasteiger partial charge in [-0.25, -0.2) is 0 Å². The molecule has 6 heteroatoms. The number of halogens is 1. The van der Waals surface area contributed by atoms with Crippen molar-refractivity contribution in [1.82, 2.24) is 10.2 Å². The first-order valence-electron chi connectivity index (χ1n) is 5.40. The topological polar surface area (TPSA) is 49.4 Å². The minimum atomic E-state index is -0.213. The molecule has 2 rings (SSSR count). The third-order valence-corrected chi connectivity index (χ3v) is 4.40. The number of amides is 2. The van der Waals surface area contributed by atoms with Crippen LogP contribution in [0.5, 0.6) is 0 Å². The molecule has 0 aromatic carbocycles. The Bertz CT molecular complexity index is 446. The average Bonchev–Trinajstić information content (AvgIpc) is 2.63. The van der Waals surface area contributed by atoms with Gasteiger partial charge in [-0.2, -0.15) is 0 Å². The van der Waals surface area contributed by atoms with Gasteiger partial charge in [0.1, 0.15) is 0 Å². The summed E-state index contributed by atoms with van der Waals surface area (Å²) in [5.41, 5.74) is 0. The van der Waals surface area contributed by atoms with Crippen molar-refractivity contribution in [2.24, 2.45) is 0 Å². The predicted octanol–water partition coefficient (Wildman–Crippen LogP) is 1.75.